The Morgan fingerprint density at radius 2 is 1.82 bits per heavy atom. The monoisotopic (exact) mass is 254 g/mol. The molecule has 0 aromatic heterocycles. The molecule has 0 amide bonds. The molecule has 0 unspecified atom stereocenters. The summed E-state index contributed by atoms with van der Waals surface area (Å²) in [5.41, 5.74) is 2.99. The number of rotatable bonds is 3. The lowest BCUT2D eigenvalue weighted by molar-refractivity contribution is 0.413. The van der Waals surface area contributed by atoms with Crippen LogP contribution in [0.5, 0.6) is 5.75 Å². The molecule has 0 aliphatic carbocycles. The summed E-state index contributed by atoms with van der Waals surface area (Å²) < 4.78 is 5.10. The van der Waals surface area contributed by atoms with Gasteiger partial charge < -0.3 is 15.5 Å². The van der Waals surface area contributed by atoms with Crippen molar-refractivity contribution in [3.63, 3.8) is 0 Å². The lowest BCUT2D eigenvalue weighted by Gasteiger charge is -2.06. The maximum atomic E-state index is 6.83. The van der Waals surface area contributed by atoms with Gasteiger partial charge in [-0.3, -0.25) is 0 Å². The Labute approximate surface area is 109 Å². The first kappa shape index (κ1) is 16.0. The Hall–Kier alpha value is -1.00. The maximum Gasteiger partial charge on any atom is 0.119 e. The number of ether oxygens (including phenoxy) is 1. The highest BCUT2D eigenvalue weighted by Crippen LogP contribution is 2.23. The third kappa shape index (κ3) is 6.34. The predicted molar refractivity (Wildman–Crippen MR) is 77.0 cm³/mol. The van der Waals surface area contributed by atoms with Crippen molar-refractivity contribution in [3.8, 4) is 5.75 Å². The second-order valence-electron chi connectivity index (χ2n) is 3.92. The summed E-state index contributed by atoms with van der Waals surface area (Å²) in [6, 6.07) is 3.96. The first-order valence-corrected chi connectivity index (χ1v) is 5.90. The minimum atomic E-state index is 0.678. The smallest absolute Gasteiger partial charge is 0.119 e. The van der Waals surface area contributed by atoms with Crippen molar-refractivity contribution in [1.29, 1.82) is 5.41 Å². The zero-order valence-electron chi connectivity index (χ0n) is 11.2. The maximum absolute atomic E-state index is 6.83. The average Bonchev–Trinajstić information content (AvgIpc) is 2.25. The zero-order chi connectivity index (χ0) is 13.4. The van der Waals surface area contributed by atoms with E-state index in [1.807, 2.05) is 33.0 Å². The highest BCUT2D eigenvalue weighted by atomic mass is 32.1. The fourth-order valence-electron chi connectivity index (χ4n) is 1.30. The van der Waals surface area contributed by atoms with Crippen LogP contribution in [0.4, 0.5) is 0 Å². The van der Waals surface area contributed by atoms with Crippen molar-refractivity contribution in [2.24, 2.45) is 0 Å². The van der Waals surface area contributed by atoms with Gasteiger partial charge in [0.1, 0.15) is 5.75 Å². The summed E-state index contributed by atoms with van der Waals surface area (Å²) in [6.45, 7) is 6.53. The van der Waals surface area contributed by atoms with Crippen LogP contribution in [0.2, 0.25) is 0 Å². The van der Waals surface area contributed by atoms with Crippen LogP contribution in [0.3, 0.4) is 0 Å². The van der Waals surface area contributed by atoms with Crippen LogP contribution in [0.1, 0.15) is 18.1 Å². The summed E-state index contributed by atoms with van der Waals surface area (Å²) >= 11 is 4.34. The Kier molecular flexibility index (Phi) is 7.66. The van der Waals surface area contributed by atoms with Crippen molar-refractivity contribution in [2.75, 3.05) is 20.7 Å². The summed E-state index contributed by atoms with van der Waals surface area (Å²) in [5, 5.41) is 9.67. The Morgan fingerprint density at radius 3 is 2.06 bits per heavy atom. The van der Waals surface area contributed by atoms with E-state index >= 15 is 0 Å². The Morgan fingerprint density at radius 1 is 1.35 bits per heavy atom. The van der Waals surface area contributed by atoms with Crippen LogP contribution >= 0.6 is 12.6 Å². The highest BCUT2D eigenvalue weighted by Gasteiger charge is 2.00. The van der Waals surface area contributed by atoms with Crippen LogP contribution in [0.25, 0.3) is 0 Å². The van der Waals surface area contributed by atoms with E-state index in [2.05, 4.69) is 17.9 Å². The van der Waals surface area contributed by atoms with Gasteiger partial charge in [-0.05, 0) is 51.1 Å². The molecular weight excluding hydrogens is 232 g/mol. The fourth-order valence-corrected chi connectivity index (χ4v) is 1.43. The largest absolute Gasteiger partial charge is 0.497 e. The first-order valence-electron chi connectivity index (χ1n) is 5.45. The second kappa shape index (κ2) is 8.14. The topological polar surface area (TPSA) is 45.1 Å². The minimum Gasteiger partial charge on any atom is -0.497 e. The van der Waals surface area contributed by atoms with Gasteiger partial charge in [0.2, 0.25) is 0 Å². The molecule has 2 N–H and O–H groups in total. The van der Waals surface area contributed by atoms with Crippen LogP contribution in [0.15, 0.2) is 17.0 Å². The predicted octanol–water partition coefficient (Wildman–Crippen LogP) is 2.85. The number of aryl methyl sites for hydroxylation is 2. The Bertz CT molecular complexity index is 355. The SMILES string of the molecule is CNCC(C)=N.COc1cc(C)c(S)c(C)c1. The molecule has 0 atom stereocenters. The van der Waals surface area contributed by atoms with E-state index in [0.717, 1.165) is 21.8 Å². The van der Waals surface area contributed by atoms with Gasteiger partial charge in [-0.25, -0.2) is 0 Å². The Balaban J connectivity index is 0.000000366. The molecule has 0 bridgehead atoms. The molecular formula is C13H22N2OS. The molecule has 17 heavy (non-hydrogen) atoms. The highest BCUT2D eigenvalue weighted by molar-refractivity contribution is 7.80. The number of methoxy groups -OCH3 is 1. The first-order chi connectivity index (χ1) is 7.92. The van der Waals surface area contributed by atoms with E-state index in [1.165, 1.54) is 0 Å². The number of hydrogen-bond donors (Lipinski definition) is 3. The molecule has 1 aromatic rings. The van der Waals surface area contributed by atoms with Gasteiger partial charge in [0.25, 0.3) is 0 Å². The summed E-state index contributed by atoms with van der Waals surface area (Å²) in [6.07, 6.45) is 0. The molecule has 0 radical (unpaired) electrons. The number of nitrogens with one attached hydrogen (secondary N) is 2. The molecule has 0 spiro atoms. The van der Waals surface area contributed by atoms with E-state index < -0.39 is 0 Å². The van der Waals surface area contributed by atoms with Crippen LogP contribution in [-0.4, -0.2) is 26.4 Å². The van der Waals surface area contributed by atoms with E-state index in [1.54, 1.807) is 14.0 Å². The lowest BCUT2D eigenvalue weighted by atomic mass is 10.1. The summed E-state index contributed by atoms with van der Waals surface area (Å²) in [7, 11) is 3.50. The van der Waals surface area contributed by atoms with Crippen molar-refractivity contribution in [3.05, 3.63) is 23.3 Å². The van der Waals surface area contributed by atoms with Gasteiger partial charge in [0.15, 0.2) is 0 Å². The molecule has 1 rings (SSSR count). The average molecular weight is 254 g/mol. The van der Waals surface area contributed by atoms with Gasteiger partial charge in [-0.1, -0.05) is 0 Å². The van der Waals surface area contributed by atoms with Gasteiger partial charge in [-0.15, -0.1) is 12.6 Å². The molecule has 0 aliphatic rings. The van der Waals surface area contributed by atoms with E-state index in [4.69, 9.17) is 10.1 Å². The number of benzene rings is 1. The van der Waals surface area contributed by atoms with Gasteiger partial charge in [-0.2, -0.15) is 0 Å². The van der Waals surface area contributed by atoms with Gasteiger partial charge in [0, 0.05) is 17.2 Å². The minimum absolute atomic E-state index is 0.678. The van der Waals surface area contributed by atoms with Crippen molar-refractivity contribution < 1.29 is 4.74 Å². The lowest BCUT2D eigenvalue weighted by Crippen LogP contribution is -2.14. The van der Waals surface area contributed by atoms with Crippen molar-refractivity contribution in [1.82, 2.24) is 5.32 Å². The summed E-state index contributed by atoms with van der Waals surface area (Å²) in [5.74, 6) is 0.901. The molecule has 0 saturated heterocycles. The number of thiol groups is 1. The van der Waals surface area contributed by atoms with E-state index in [0.29, 0.717) is 12.3 Å². The third-order valence-electron chi connectivity index (χ3n) is 2.14. The third-order valence-corrected chi connectivity index (χ3v) is 2.85. The zero-order valence-corrected chi connectivity index (χ0v) is 12.1. The quantitative estimate of drug-likeness (QED) is 0.574. The molecule has 0 fully saturated rings. The van der Waals surface area contributed by atoms with Crippen molar-refractivity contribution in [2.45, 2.75) is 25.7 Å². The standard InChI is InChI=1S/C9H12OS.C4H10N2/c1-6-4-8(10-3)5-7(2)9(6)11;1-4(5)3-6-2/h4-5,11H,1-3H3;5-6H,3H2,1-2H3. The molecule has 0 aliphatic heterocycles. The molecule has 1 aromatic carbocycles. The molecule has 0 saturated carbocycles. The van der Waals surface area contributed by atoms with Gasteiger partial charge in [0.05, 0.1) is 7.11 Å². The molecule has 96 valence electrons. The van der Waals surface area contributed by atoms with E-state index in [9.17, 15) is 0 Å². The molecule has 0 heterocycles. The van der Waals surface area contributed by atoms with Crippen molar-refractivity contribution >= 4 is 18.3 Å². The second-order valence-corrected chi connectivity index (χ2v) is 4.37. The summed E-state index contributed by atoms with van der Waals surface area (Å²) in [4.78, 5) is 1.05. The van der Waals surface area contributed by atoms with Gasteiger partial charge >= 0.3 is 0 Å². The molecule has 4 heteroatoms. The normalized spacial score (nSPS) is 9.29. The number of hydrogen-bond acceptors (Lipinski definition) is 4. The van der Waals surface area contributed by atoms with Crippen LogP contribution in [0, 0.1) is 19.3 Å². The van der Waals surface area contributed by atoms with Crippen LogP contribution < -0.4 is 10.1 Å². The van der Waals surface area contributed by atoms with E-state index in [-0.39, 0.29) is 0 Å². The molecule has 3 nitrogen and oxygen atoms in total. The fraction of sp³-hybridized carbons (Fsp3) is 0.462. The van der Waals surface area contributed by atoms with Crippen LogP contribution in [-0.2, 0) is 0 Å².